The Bertz CT molecular complexity index is 603. The Morgan fingerprint density at radius 1 is 1.18 bits per heavy atom. The van der Waals surface area contributed by atoms with Crippen molar-refractivity contribution in [1.29, 1.82) is 0 Å². The van der Waals surface area contributed by atoms with E-state index in [2.05, 4.69) is 5.32 Å². The summed E-state index contributed by atoms with van der Waals surface area (Å²) >= 11 is 3.12. The van der Waals surface area contributed by atoms with E-state index in [0.717, 1.165) is 4.21 Å². The van der Waals surface area contributed by atoms with Gasteiger partial charge in [0.2, 0.25) is 11.7 Å². The summed E-state index contributed by atoms with van der Waals surface area (Å²) in [5.74, 6) is 1.76. The smallest absolute Gasteiger partial charge is 0.234 e. The maximum atomic E-state index is 12.0. The predicted octanol–water partition coefficient (Wildman–Crippen LogP) is 3.50. The summed E-state index contributed by atoms with van der Waals surface area (Å²) in [6.45, 7) is 0. The molecule has 0 fully saturated rings. The summed E-state index contributed by atoms with van der Waals surface area (Å²) < 4.78 is 16.9. The molecule has 0 aliphatic heterocycles. The first-order valence-corrected chi connectivity index (χ1v) is 8.30. The first-order chi connectivity index (χ1) is 10.7. The number of thiophene rings is 1. The van der Waals surface area contributed by atoms with Gasteiger partial charge in [-0.1, -0.05) is 6.07 Å². The highest BCUT2D eigenvalue weighted by Crippen LogP contribution is 2.40. The van der Waals surface area contributed by atoms with Gasteiger partial charge < -0.3 is 19.5 Å². The summed E-state index contributed by atoms with van der Waals surface area (Å²) in [7, 11) is 4.61. The van der Waals surface area contributed by atoms with Crippen LogP contribution >= 0.6 is 23.1 Å². The van der Waals surface area contributed by atoms with Gasteiger partial charge in [-0.3, -0.25) is 4.79 Å². The van der Waals surface area contributed by atoms with Gasteiger partial charge in [-0.2, -0.15) is 0 Å². The van der Waals surface area contributed by atoms with Gasteiger partial charge in [-0.15, -0.1) is 23.1 Å². The van der Waals surface area contributed by atoms with Gasteiger partial charge in [0, 0.05) is 17.8 Å². The van der Waals surface area contributed by atoms with Crippen molar-refractivity contribution in [3.63, 3.8) is 0 Å². The van der Waals surface area contributed by atoms with Crippen molar-refractivity contribution >= 4 is 34.7 Å². The molecule has 2 rings (SSSR count). The molecule has 1 aromatic heterocycles. The number of methoxy groups -OCH3 is 3. The fourth-order valence-electron chi connectivity index (χ4n) is 1.83. The molecule has 1 amide bonds. The molecule has 22 heavy (non-hydrogen) atoms. The molecule has 0 aliphatic carbocycles. The Hall–Kier alpha value is -1.86. The number of nitrogens with one attached hydrogen (secondary N) is 1. The van der Waals surface area contributed by atoms with E-state index in [9.17, 15) is 4.79 Å². The van der Waals surface area contributed by atoms with E-state index < -0.39 is 0 Å². The second-order valence-corrected chi connectivity index (χ2v) is 6.41. The molecule has 0 saturated carbocycles. The third kappa shape index (κ3) is 4.08. The second kappa shape index (κ2) is 7.95. The van der Waals surface area contributed by atoms with Crippen molar-refractivity contribution < 1.29 is 19.0 Å². The van der Waals surface area contributed by atoms with Gasteiger partial charge in [0.25, 0.3) is 0 Å². The van der Waals surface area contributed by atoms with Crippen LogP contribution in [0, 0.1) is 0 Å². The van der Waals surface area contributed by atoms with Gasteiger partial charge in [-0.25, -0.2) is 0 Å². The summed E-state index contributed by atoms with van der Waals surface area (Å²) in [4.78, 5) is 12.0. The SMILES string of the molecule is COc1cc(NC(=O)CSc2cccs2)cc(OC)c1OC. The van der Waals surface area contributed by atoms with Crippen LogP contribution in [0.25, 0.3) is 0 Å². The monoisotopic (exact) mass is 339 g/mol. The van der Waals surface area contributed by atoms with Crippen LogP contribution in [0.3, 0.4) is 0 Å². The minimum Gasteiger partial charge on any atom is -0.493 e. The number of hydrogen-bond acceptors (Lipinski definition) is 6. The zero-order valence-electron chi connectivity index (χ0n) is 12.5. The average molecular weight is 339 g/mol. The normalized spacial score (nSPS) is 10.1. The standard InChI is InChI=1S/C15H17NO4S2/c1-18-11-7-10(8-12(19-2)15(11)20-3)16-13(17)9-22-14-5-4-6-21-14/h4-8H,9H2,1-3H3,(H,16,17). The largest absolute Gasteiger partial charge is 0.493 e. The summed E-state index contributed by atoms with van der Waals surface area (Å²) in [6, 6.07) is 7.36. The number of rotatable bonds is 7. The molecule has 1 aromatic carbocycles. The number of benzene rings is 1. The molecule has 0 saturated heterocycles. The lowest BCUT2D eigenvalue weighted by atomic mass is 10.2. The van der Waals surface area contributed by atoms with Crippen molar-refractivity contribution in [2.24, 2.45) is 0 Å². The molecule has 0 aliphatic rings. The van der Waals surface area contributed by atoms with Crippen molar-refractivity contribution in [3.8, 4) is 17.2 Å². The fraction of sp³-hybridized carbons (Fsp3) is 0.267. The maximum Gasteiger partial charge on any atom is 0.234 e. The Kier molecular flexibility index (Phi) is 5.97. The molecule has 0 atom stereocenters. The fourth-order valence-corrected chi connectivity index (χ4v) is 3.42. The van der Waals surface area contributed by atoms with Crippen molar-refractivity contribution in [2.45, 2.75) is 4.21 Å². The lowest BCUT2D eigenvalue weighted by Gasteiger charge is -2.14. The van der Waals surface area contributed by atoms with Gasteiger partial charge in [0.1, 0.15) is 0 Å². The van der Waals surface area contributed by atoms with E-state index in [1.54, 1.807) is 23.5 Å². The predicted molar refractivity (Wildman–Crippen MR) is 89.8 cm³/mol. The van der Waals surface area contributed by atoms with Gasteiger partial charge in [0.15, 0.2) is 11.5 Å². The number of carbonyl (C=O) groups is 1. The van der Waals surface area contributed by atoms with Gasteiger partial charge in [-0.05, 0) is 11.4 Å². The Morgan fingerprint density at radius 2 is 1.86 bits per heavy atom. The molecule has 0 spiro atoms. The van der Waals surface area contributed by atoms with Crippen molar-refractivity contribution in [3.05, 3.63) is 29.6 Å². The van der Waals surface area contributed by atoms with E-state index >= 15 is 0 Å². The van der Waals surface area contributed by atoms with Gasteiger partial charge >= 0.3 is 0 Å². The summed E-state index contributed by atoms with van der Waals surface area (Å²) in [6.07, 6.45) is 0. The van der Waals surface area contributed by atoms with Gasteiger partial charge in [0.05, 0.1) is 31.3 Å². The molecule has 0 bridgehead atoms. The van der Waals surface area contributed by atoms with Crippen LogP contribution in [0.5, 0.6) is 17.2 Å². The number of ether oxygens (including phenoxy) is 3. The number of hydrogen-bond donors (Lipinski definition) is 1. The highest BCUT2D eigenvalue weighted by molar-refractivity contribution is 8.01. The third-order valence-corrected chi connectivity index (χ3v) is 4.92. The number of thioether (sulfide) groups is 1. The molecule has 0 radical (unpaired) electrons. The zero-order valence-corrected chi connectivity index (χ0v) is 14.2. The molecule has 0 unspecified atom stereocenters. The van der Waals surface area contributed by atoms with E-state index in [1.807, 2.05) is 17.5 Å². The first kappa shape index (κ1) is 16.5. The van der Waals surface area contributed by atoms with Crippen LogP contribution in [0.15, 0.2) is 33.9 Å². The highest BCUT2D eigenvalue weighted by atomic mass is 32.2. The van der Waals surface area contributed by atoms with Crippen LogP contribution < -0.4 is 19.5 Å². The van der Waals surface area contributed by atoms with E-state index in [-0.39, 0.29) is 5.91 Å². The number of amides is 1. The molecule has 5 nitrogen and oxygen atoms in total. The topological polar surface area (TPSA) is 56.8 Å². The van der Waals surface area contributed by atoms with Crippen LogP contribution in [-0.4, -0.2) is 33.0 Å². The quantitative estimate of drug-likeness (QED) is 0.783. The average Bonchev–Trinajstić information content (AvgIpc) is 3.05. The molecule has 1 N–H and O–H groups in total. The number of carbonyl (C=O) groups excluding carboxylic acids is 1. The Labute approximate surface area is 137 Å². The molecular formula is C15H17NO4S2. The van der Waals surface area contributed by atoms with Crippen molar-refractivity contribution in [1.82, 2.24) is 0 Å². The van der Waals surface area contributed by atoms with E-state index in [0.29, 0.717) is 28.7 Å². The Balaban J connectivity index is 2.06. The Morgan fingerprint density at radius 3 is 2.36 bits per heavy atom. The summed E-state index contributed by atoms with van der Waals surface area (Å²) in [5, 5.41) is 4.82. The molecule has 118 valence electrons. The van der Waals surface area contributed by atoms with Crippen molar-refractivity contribution in [2.75, 3.05) is 32.4 Å². The first-order valence-electron chi connectivity index (χ1n) is 6.44. The highest BCUT2D eigenvalue weighted by Gasteiger charge is 2.14. The van der Waals surface area contributed by atoms with E-state index in [1.165, 1.54) is 33.1 Å². The van der Waals surface area contributed by atoms with Crippen LogP contribution in [0.1, 0.15) is 0 Å². The lowest BCUT2D eigenvalue weighted by molar-refractivity contribution is -0.113. The van der Waals surface area contributed by atoms with Crippen LogP contribution in [0.4, 0.5) is 5.69 Å². The minimum atomic E-state index is -0.0901. The molecule has 2 aromatic rings. The lowest BCUT2D eigenvalue weighted by Crippen LogP contribution is -2.14. The van der Waals surface area contributed by atoms with Crippen LogP contribution in [0.2, 0.25) is 0 Å². The maximum absolute atomic E-state index is 12.0. The summed E-state index contributed by atoms with van der Waals surface area (Å²) in [5.41, 5.74) is 0.603. The van der Waals surface area contributed by atoms with Crippen LogP contribution in [-0.2, 0) is 4.79 Å². The zero-order chi connectivity index (χ0) is 15.9. The van der Waals surface area contributed by atoms with E-state index in [4.69, 9.17) is 14.2 Å². The molecule has 7 heteroatoms. The second-order valence-electron chi connectivity index (χ2n) is 4.18. The minimum absolute atomic E-state index is 0.0901. The third-order valence-electron chi connectivity index (χ3n) is 2.79. The molecular weight excluding hydrogens is 322 g/mol. The molecule has 1 heterocycles. The number of anilines is 1.